The number of hydrogen-bond donors (Lipinski definition) is 0. The summed E-state index contributed by atoms with van der Waals surface area (Å²) in [6.45, 7) is 13.8. The van der Waals surface area contributed by atoms with E-state index in [-0.39, 0.29) is 11.0 Å². The van der Waals surface area contributed by atoms with Gasteiger partial charge in [-0.05, 0) is 68.6 Å². The van der Waals surface area contributed by atoms with Crippen LogP contribution in [-0.4, -0.2) is 5.60 Å². The average molecular weight is 327 g/mol. The highest BCUT2D eigenvalue weighted by atomic mass is 16.5. The molecular formula is C23H34O. The van der Waals surface area contributed by atoms with Crippen LogP contribution in [-0.2, 0) is 5.41 Å². The van der Waals surface area contributed by atoms with Gasteiger partial charge in [0.05, 0.1) is 0 Å². The Hall–Kier alpha value is -1.24. The summed E-state index contributed by atoms with van der Waals surface area (Å²) in [4.78, 5) is 0. The van der Waals surface area contributed by atoms with Crippen LogP contribution < -0.4 is 4.74 Å². The van der Waals surface area contributed by atoms with Gasteiger partial charge in [-0.3, -0.25) is 0 Å². The summed E-state index contributed by atoms with van der Waals surface area (Å²) in [6.07, 6.45) is 8.52. The third-order valence-electron chi connectivity index (χ3n) is 6.36. The van der Waals surface area contributed by atoms with E-state index in [9.17, 15) is 0 Å². The van der Waals surface area contributed by atoms with E-state index in [1.807, 2.05) is 0 Å². The number of benzene rings is 1. The van der Waals surface area contributed by atoms with Gasteiger partial charge in [0.15, 0.2) is 0 Å². The lowest BCUT2D eigenvalue weighted by atomic mass is 9.67. The first-order chi connectivity index (χ1) is 11.2. The highest BCUT2D eigenvalue weighted by Crippen LogP contribution is 2.52. The molecule has 0 unspecified atom stereocenters. The molecule has 132 valence electrons. The summed E-state index contributed by atoms with van der Waals surface area (Å²) in [5.74, 6) is 2.34. The Morgan fingerprint density at radius 1 is 1.25 bits per heavy atom. The monoisotopic (exact) mass is 326 g/mol. The van der Waals surface area contributed by atoms with Crippen molar-refractivity contribution >= 4 is 0 Å². The van der Waals surface area contributed by atoms with Crippen molar-refractivity contribution in [2.45, 2.75) is 90.6 Å². The minimum atomic E-state index is -0.0823. The molecular weight excluding hydrogens is 292 g/mol. The average Bonchev–Trinajstić information content (AvgIpc) is 2.51. The Bertz CT molecular complexity index is 635. The van der Waals surface area contributed by atoms with E-state index in [1.165, 1.54) is 42.4 Å². The van der Waals surface area contributed by atoms with Gasteiger partial charge in [0, 0.05) is 5.92 Å². The molecule has 0 spiro atoms. The molecule has 1 heterocycles. The molecule has 0 bridgehead atoms. The van der Waals surface area contributed by atoms with Crippen LogP contribution >= 0.6 is 0 Å². The van der Waals surface area contributed by atoms with Gasteiger partial charge in [0.25, 0.3) is 0 Å². The smallest absolute Gasteiger partial charge is 0.123 e. The minimum absolute atomic E-state index is 0.0823. The Labute approximate surface area is 148 Å². The fourth-order valence-electron chi connectivity index (χ4n) is 4.63. The summed E-state index contributed by atoms with van der Waals surface area (Å²) in [5.41, 5.74) is 4.53. The van der Waals surface area contributed by atoms with Crippen LogP contribution in [0.5, 0.6) is 5.75 Å². The molecule has 0 saturated carbocycles. The van der Waals surface area contributed by atoms with Crippen molar-refractivity contribution in [3.8, 4) is 5.75 Å². The Morgan fingerprint density at radius 3 is 2.71 bits per heavy atom. The molecule has 0 saturated heterocycles. The highest BCUT2D eigenvalue weighted by molar-refractivity contribution is 5.46. The highest BCUT2D eigenvalue weighted by Gasteiger charge is 2.44. The van der Waals surface area contributed by atoms with Crippen LogP contribution in [0.25, 0.3) is 0 Å². The predicted molar refractivity (Wildman–Crippen MR) is 103 cm³/mol. The molecule has 0 N–H and O–H groups in total. The molecule has 1 aromatic rings. The first-order valence-corrected chi connectivity index (χ1v) is 9.73. The lowest BCUT2D eigenvalue weighted by Crippen LogP contribution is -2.45. The summed E-state index contributed by atoms with van der Waals surface area (Å²) < 4.78 is 6.54. The minimum Gasteiger partial charge on any atom is -0.487 e. The third-order valence-corrected chi connectivity index (χ3v) is 6.36. The van der Waals surface area contributed by atoms with E-state index < -0.39 is 0 Å². The van der Waals surface area contributed by atoms with Gasteiger partial charge in [-0.2, -0.15) is 0 Å². The number of fused-ring (bicyclic) bond motifs is 3. The zero-order chi connectivity index (χ0) is 17.5. The number of ether oxygens (including phenoxy) is 1. The fourth-order valence-corrected chi connectivity index (χ4v) is 4.63. The Morgan fingerprint density at radius 2 is 2.00 bits per heavy atom. The maximum atomic E-state index is 6.54. The van der Waals surface area contributed by atoms with Gasteiger partial charge in [-0.25, -0.2) is 0 Å². The maximum absolute atomic E-state index is 6.54. The largest absolute Gasteiger partial charge is 0.487 e. The molecule has 0 radical (unpaired) electrons. The summed E-state index contributed by atoms with van der Waals surface area (Å²) in [7, 11) is 0. The number of rotatable bonds is 4. The summed E-state index contributed by atoms with van der Waals surface area (Å²) in [5, 5.41) is 0. The van der Waals surface area contributed by atoms with Gasteiger partial charge in [0.1, 0.15) is 11.4 Å². The van der Waals surface area contributed by atoms with Gasteiger partial charge in [-0.15, -0.1) is 0 Å². The Balaban J connectivity index is 1.97. The van der Waals surface area contributed by atoms with Crippen molar-refractivity contribution in [1.29, 1.82) is 0 Å². The van der Waals surface area contributed by atoms with E-state index in [4.69, 9.17) is 4.74 Å². The standard InChI is InChI=1S/C23H34O/c1-7-8-13-22(3,4)17-10-11-18-19-14-16(2)9-12-20(19)23(5,6)24-21(18)15-17/h9-11,15,19-20H,7-8,12-14H2,1-6H3/t19-,20+/m0/s1. The predicted octanol–water partition coefficient (Wildman–Crippen LogP) is 6.77. The van der Waals surface area contributed by atoms with Gasteiger partial charge in [-0.1, -0.05) is 57.4 Å². The van der Waals surface area contributed by atoms with Crippen LogP contribution in [0, 0.1) is 5.92 Å². The van der Waals surface area contributed by atoms with Crippen molar-refractivity contribution in [3.05, 3.63) is 41.0 Å². The quantitative estimate of drug-likeness (QED) is 0.555. The van der Waals surface area contributed by atoms with Crippen LogP contribution in [0.2, 0.25) is 0 Å². The van der Waals surface area contributed by atoms with Crippen LogP contribution in [0.15, 0.2) is 29.8 Å². The summed E-state index contributed by atoms with van der Waals surface area (Å²) in [6, 6.07) is 7.07. The lowest BCUT2D eigenvalue weighted by Gasteiger charge is -2.47. The summed E-state index contributed by atoms with van der Waals surface area (Å²) >= 11 is 0. The van der Waals surface area contributed by atoms with Gasteiger partial charge in [0.2, 0.25) is 0 Å². The number of allylic oxidation sites excluding steroid dienone is 2. The second kappa shape index (κ2) is 6.24. The van der Waals surface area contributed by atoms with Gasteiger partial charge < -0.3 is 4.74 Å². The molecule has 0 fully saturated rings. The molecule has 0 amide bonds. The third kappa shape index (κ3) is 3.15. The second-order valence-electron chi connectivity index (χ2n) is 9.15. The second-order valence-corrected chi connectivity index (χ2v) is 9.15. The molecule has 1 aliphatic heterocycles. The van der Waals surface area contributed by atoms with Crippen molar-refractivity contribution in [2.75, 3.05) is 0 Å². The van der Waals surface area contributed by atoms with E-state index >= 15 is 0 Å². The van der Waals surface area contributed by atoms with E-state index in [1.54, 1.807) is 0 Å². The fraction of sp³-hybridized carbons (Fsp3) is 0.652. The van der Waals surface area contributed by atoms with Crippen LogP contribution in [0.1, 0.15) is 90.7 Å². The SMILES string of the molecule is CCCCC(C)(C)c1ccc2c(c1)OC(C)(C)[C@@H]1CC=C(C)C[C@@H]21. The Kier molecular flexibility index (Phi) is 4.57. The van der Waals surface area contributed by atoms with Crippen LogP contribution in [0.3, 0.4) is 0 Å². The van der Waals surface area contributed by atoms with E-state index in [0.29, 0.717) is 11.8 Å². The van der Waals surface area contributed by atoms with Crippen LogP contribution in [0.4, 0.5) is 0 Å². The van der Waals surface area contributed by atoms with Gasteiger partial charge >= 0.3 is 0 Å². The van der Waals surface area contributed by atoms with E-state index in [0.717, 1.165) is 12.2 Å². The molecule has 1 aromatic carbocycles. The van der Waals surface area contributed by atoms with Crippen molar-refractivity contribution in [2.24, 2.45) is 5.92 Å². The first kappa shape index (κ1) is 17.6. The molecule has 2 atom stereocenters. The molecule has 24 heavy (non-hydrogen) atoms. The maximum Gasteiger partial charge on any atom is 0.123 e. The van der Waals surface area contributed by atoms with Crippen molar-refractivity contribution < 1.29 is 4.74 Å². The number of hydrogen-bond acceptors (Lipinski definition) is 1. The zero-order valence-corrected chi connectivity index (χ0v) is 16.4. The first-order valence-electron chi connectivity index (χ1n) is 9.73. The van der Waals surface area contributed by atoms with E-state index in [2.05, 4.69) is 65.8 Å². The molecule has 2 aliphatic rings. The normalized spacial score (nSPS) is 25.3. The van der Waals surface area contributed by atoms with Crippen molar-refractivity contribution in [1.82, 2.24) is 0 Å². The van der Waals surface area contributed by atoms with Crippen molar-refractivity contribution in [3.63, 3.8) is 0 Å². The lowest BCUT2D eigenvalue weighted by molar-refractivity contribution is 0.00837. The molecule has 1 nitrogen and oxygen atoms in total. The number of unbranched alkanes of at least 4 members (excludes halogenated alkanes) is 1. The zero-order valence-electron chi connectivity index (χ0n) is 16.4. The molecule has 1 heteroatoms. The topological polar surface area (TPSA) is 9.23 Å². The molecule has 1 aliphatic carbocycles. The molecule has 0 aromatic heterocycles. The molecule has 3 rings (SSSR count).